The molecule has 0 unspecified atom stereocenters. The van der Waals surface area contributed by atoms with Crippen molar-refractivity contribution in [1.29, 1.82) is 0 Å². The number of rotatable bonds is 10. The number of para-hydroxylation sites is 4. The predicted octanol–water partition coefficient (Wildman–Crippen LogP) is 23.2. The minimum Gasteiger partial charge on any atom is -0.453 e. The van der Waals surface area contributed by atoms with Gasteiger partial charge >= 0.3 is 0 Å². The minimum absolute atomic E-state index is 0.196. The van der Waals surface area contributed by atoms with E-state index in [1.165, 1.54) is 65.0 Å². The molecule has 0 aliphatic carbocycles. The molecular weight excluding hydrogens is 997 g/mol. The summed E-state index contributed by atoms with van der Waals surface area (Å²) in [6.07, 6.45) is 0. The summed E-state index contributed by atoms with van der Waals surface area (Å²) in [7, 11) is 0. The van der Waals surface area contributed by atoms with Gasteiger partial charge in [-0.1, -0.05) is 234 Å². The molecule has 16 rings (SSSR count). The number of nitrogens with zero attached hydrogens (tertiary/aromatic N) is 2. The molecule has 2 aromatic heterocycles. The molecule has 0 fully saturated rings. The van der Waals surface area contributed by atoms with E-state index in [4.69, 9.17) is 8.83 Å². The summed E-state index contributed by atoms with van der Waals surface area (Å²) in [5.74, 6) is 0.392. The zero-order valence-electron chi connectivity index (χ0n) is 46.1. The van der Waals surface area contributed by atoms with Crippen LogP contribution in [0.3, 0.4) is 0 Å². The molecular formula is C78H56N2O2. The normalized spacial score (nSPS) is 12.1. The quantitative estimate of drug-likeness (QED) is 0.128. The molecule has 0 aliphatic rings. The van der Waals surface area contributed by atoms with Gasteiger partial charge in [0.2, 0.25) is 0 Å². The van der Waals surface area contributed by atoms with Crippen molar-refractivity contribution in [3.05, 3.63) is 266 Å². The van der Waals surface area contributed by atoms with Crippen LogP contribution >= 0.6 is 0 Å². The molecule has 0 radical (unpaired) electrons. The van der Waals surface area contributed by atoms with Crippen molar-refractivity contribution in [3.63, 3.8) is 0 Å². The summed E-state index contributed by atoms with van der Waals surface area (Å²) in [4.78, 5) is 4.96. The standard InChI is InChI=1S/C78H56N2O2/c1-47(2)67-45-71(79(55-37-35-49-19-11-13-25-53(49)43-55)69-33-17-31-63-61-29-15-27-57(75(61)81-77(63)69)51-21-7-5-8-22-51)65-42-40-60-68(48(3)4)46-72(66-41-39-59(67)73(65)74(60)66)80(56-38-36-50-20-12-14-26-54(50)44-56)70-34-18-32-64-62-30-16-28-58(76(62)82-78(64)70)52-23-9-6-10-24-52/h5-48H,1-4H3. The molecule has 16 aromatic rings. The van der Waals surface area contributed by atoms with Gasteiger partial charge in [0.25, 0.3) is 0 Å². The fraction of sp³-hybridized carbons (Fsp3) is 0.0769. The first kappa shape index (κ1) is 47.8. The molecule has 390 valence electrons. The molecule has 14 aromatic carbocycles. The molecule has 4 nitrogen and oxygen atoms in total. The van der Waals surface area contributed by atoms with Crippen molar-refractivity contribution in [1.82, 2.24) is 0 Å². The Morgan fingerprint density at radius 1 is 0.268 bits per heavy atom. The highest BCUT2D eigenvalue weighted by atomic mass is 16.3. The van der Waals surface area contributed by atoms with Gasteiger partial charge in [0.05, 0.1) is 22.7 Å². The number of hydrogen-bond acceptors (Lipinski definition) is 4. The monoisotopic (exact) mass is 1050 g/mol. The van der Waals surface area contributed by atoms with Gasteiger partial charge in [-0.05, 0) is 126 Å². The van der Waals surface area contributed by atoms with Crippen LogP contribution in [0.1, 0.15) is 50.7 Å². The van der Waals surface area contributed by atoms with E-state index in [2.05, 4.69) is 292 Å². The minimum atomic E-state index is 0.196. The van der Waals surface area contributed by atoms with Crippen LogP contribution in [0.4, 0.5) is 34.1 Å². The maximum atomic E-state index is 7.30. The van der Waals surface area contributed by atoms with Crippen LogP contribution in [0, 0.1) is 0 Å². The zero-order chi connectivity index (χ0) is 54.7. The molecule has 4 heteroatoms. The smallest absolute Gasteiger partial charge is 0.159 e. The lowest BCUT2D eigenvalue weighted by atomic mass is 9.84. The second kappa shape index (κ2) is 18.7. The fourth-order valence-corrected chi connectivity index (χ4v) is 13.4. The van der Waals surface area contributed by atoms with E-state index in [9.17, 15) is 0 Å². The van der Waals surface area contributed by atoms with Crippen molar-refractivity contribution in [2.75, 3.05) is 9.80 Å². The summed E-state index contributed by atoms with van der Waals surface area (Å²) < 4.78 is 14.6. The highest BCUT2D eigenvalue weighted by molar-refractivity contribution is 6.30. The first-order valence-electron chi connectivity index (χ1n) is 28.7. The fourth-order valence-electron chi connectivity index (χ4n) is 13.4. The van der Waals surface area contributed by atoms with E-state index in [-0.39, 0.29) is 11.8 Å². The number of fused-ring (bicyclic) bond motifs is 8. The van der Waals surface area contributed by atoms with Crippen LogP contribution in [-0.2, 0) is 0 Å². The lowest BCUT2D eigenvalue weighted by molar-refractivity contribution is 0.670. The molecule has 0 spiro atoms. The molecule has 2 heterocycles. The average Bonchev–Trinajstić information content (AvgIpc) is 3.29. The molecule has 0 atom stereocenters. The van der Waals surface area contributed by atoms with Crippen molar-refractivity contribution in [2.24, 2.45) is 0 Å². The van der Waals surface area contributed by atoms with Crippen molar-refractivity contribution in [3.8, 4) is 22.3 Å². The first-order valence-corrected chi connectivity index (χ1v) is 28.7. The molecule has 0 bridgehead atoms. The lowest BCUT2D eigenvalue weighted by Gasteiger charge is -2.31. The molecule has 0 saturated heterocycles. The summed E-state index contributed by atoms with van der Waals surface area (Å²) in [6, 6.07) is 93.2. The Labute approximate surface area is 475 Å². The van der Waals surface area contributed by atoms with Gasteiger partial charge in [-0.2, -0.15) is 0 Å². The van der Waals surface area contributed by atoms with E-state index < -0.39 is 0 Å². The van der Waals surface area contributed by atoms with E-state index in [0.717, 1.165) is 100 Å². The van der Waals surface area contributed by atoms with Crippen LogP contribution < -0.4 is 9.80 Å². The number of hydrogen-bond donors (Lipinski definition) is 0. The van der Waals surface area contributed by atoms with Crippen LogP contribution in [-0.4, -0.2) is 0 Å². The Hall–Kier alpha value is -10.2. The molecule has 0 aliphatic heterocycles. The van der Waals surface area contributed by atoms with E-state index in [1.54, 1.807) is 0 Å². The molecule has 0 saturated carbocycles. The topological polar surface area (TPSA) is 32.8 Å². The van der Waals surface area contributed by atoms with Crippen LogP contribution in [0.2, 0.25) is 0 Å². The van der Waals surface area contributed by atoms with Crippen LogP contribution in [0.15, 0.2) is 264 Å². The van der Waals surface area contributed by atoms with Crippen molar-refractivity contribution < 1.29 is 8.83 Å². The Balaban J connectivity index is 1.00. The maximum Gasteiger partial charge on any atom is 0.159 e. The Bertz CT molecular complexity index is 4860. The number of anilines is 6. The van der Waals surface area contributed by atoms with Gasteiger partial charge in [0.15, 0.2) is 11.2 Å². The van der Waals surface area contributed by atoms with Gasteiger partial charge in [0, 0.05) is 54.8 Å². The molecule has 0 amide bonds. The van der Waals surface area contributed by atoms with Gasteiger partial charge in [0.1, 0.15) is 11.2 Å². The van der Waals surface area contributed by atoms with Gasteiger partial charge in [-0.15, -0.1) is 0 Å². The van der Waals surface area contributed by atoms with Gasteiger partial charge < -0.3 is 18.6 Å². The SMILES string of the molecule is CC(C)c1cc(N(c2ccc3ccccc3c2)c2cccc3c2oc2c(-c4ccccc4)cccc23)c2ccc3c(C(C)C)cc(N(c4ccc5ccccc5c4)c4cccc5c4oc4c(-c6ccccc6)cccc45)c4ccc1c2c34. The average molecular weight is 1050 g/mol. The third-order valence-electron chi connectivity index (χ3n) is 17.3. The van der Waals surface area contributed by atoms with Gasteiger partial charge in [-0.25, -0.2) is 0 Å². The zero-order valence-corrected chi connectivity index (χ0v) is 46.1. The summed E-state index contributed by atoms with van der Waals surface area (Å²) in [6.45, 7) is 9.35. The molecule has 82 heavy (non-hydrogen) atoms. The summed E-state index contributed by atoms with van der Waals surface area (Å²) in [5, 5.41) is 16.4. The number of furan rings is 2. The predicted molar refractivity (Wildman–Crippen MR) is 348 cm³/mol. The second-order valence-electron chi connectivity index (χ2n) is 22.7. The Kier molecular flexibility index (Phi) is 10.9. The third-order valence-corrected chi connectivity index (χ3v) is 17.3. The van der Waals surface area contributed by atoms with Crippen molar-refractivity contribution in [2.45, 2.75) is 39.5 Å². The lowest BCUT2D eigenvalue weighted by Crippen LogP contribution is -2.13. The highest BCUT2D eigenvalue weighted by Gasteiger charge is 2.29. The Morgan fingerprint density at radius 3 is 1.05 bits per heavy atom. The van der Waals surface area contributed by atoms with E-state index in [1.807, 2.05) is 0 Å². The first-order chi connectivity index (χ1) is 40.3. The highest BCUT2D eigenvalue weighted by Crippen LogP contribution is 2.54. The summed E-state index contributed by atoms with van der Waals surface area (Å²) >= 11 is 0. The van der Waals surface area contributed by atoms with E-state index in [0.29, 0.717) is 0 Å². The maximum absolute atomic E-state index is 7.30. The van der Waals surface area contributed by atoms with Crippen LogP contribution in [0.25, 0.3) is 120 Å². The van der Waals surface area contributed by atoms with Crippen molar-refractivity contribution >= 4 is 132 Å². The second-order valence-corrected chi connectivity index (χ2v) is 22.7. The largest absolute Gasteiger partial charge is 0.453 e. The van der Waals surface area contributed by atoms with E-state index >= 15 is 0 Å². The summed E-state index contributed by atoms with van der Waals surface area (Å²) in [5.41, 5.74) is 16.7. The number of benzene rings is 14. The third kappa shape index (κ3) is 7.38. The molecule has 0 N–H and O–H groups in total. The van der Waals surface area contributed by atoms with Crippen LogP contribution in [0.5, 0.6) is 0 Å². The van der Waals surface area contributed by atoms with Gasteiger partial charge in [-0.3, -0.25) is 0 Å². The Morgan fingerprint density at radius 2 is 0.634 bits per heavy atom.